The molecule has 152 valence electrons. The smallest absolute Gasteiger partial charge is 0.323 e. The van der Waals surface area contributed by atoms with Gasteiger partial charge in [0.25, 0.3) is 5.91 Å². The fraction of sp³-hybridized carbons (Fsp3) is 0.348. The number of aliphatic carboxylic acids is 1. The summed E-state index contributed by atoms with van der Waals surface area (Å²) in [5.41, 5.74) is 2.20. The van der Waals surface area contributed by atoms with Crippen LogP contribution in [0.25, 0.3) is 0 Å². The van der Waals surface area contributed by atoms with Crippen LogP contribution in [0, 0.1) is 5.92 Å². The Balaban J connectivity index is 1.62. The SMILES string of the molecule is O=C(O)CN(Cc1ccccc1)C(=O)c1ccc(CNC(=O)C2CCCC2)cc1. The Hall–Kier alpha value is -3.15. The maximum absolute atomic E-state index is 12.8. The number of nitrogens with zero attached hydrogens (tertiary/aromatic N) is 1. The fourth-order valence-electron chi connectivity index (χ4n) is 3.64. The largest absolute Gasteiger partial charge is 0.480 e. The molecule has 0 heterocycles. The molecule has 0 atom stereocenters. The summed E-state index contributed by atoms with van der Waals surface area (Å²) in [6.45, 7) is 0.282. The summed E-state index contributed by atoms with van der Waals surface area (Å²) in [6.07, 6.45) is 4.15. The second-order valence-electron chi connectivity index (χ2n) is 7.44. The van der Waals surface area contributed by atoms with E-state index in [0.29, 0.717) is 12.1 Å². The van der Waals surface area contributed by atoms with Gasteiger partial charge in [0, 0.05) is 24.6 Å². The normalized spacial score (nSPS) is 13.8. The van der Waals surface area contributed by atoms with Crippen molar-refractivity contribution in [1.82, 2.24) is 10.2 Å². The van der Waals surface area contributed by atoms with Crippen molar-refractivity contribution >= 4 is 17.8 Å². The zero-order valence-corrected chi connectivity index (χ0v) is 16.3. The highest BCUT2D eigenvalue weighted by Crippen LogP contribution is 2.24. The number of benzene rings is 2. The third kappa shape index (κ3) is 5.91. The Morgan fingerprint density at radius 1 is 0.931 bits per heavy atom. The molecule has 2 aromatic carbocycles. The second kappa shape index (κ2) is 9.87. The van der Waals surface area contributed by atoms with E-state index in [1.807, 2.05) is 30.3 Å². The Kier molecular flexibility index (Phi) is 7.00. The molecular weight excluding hydrogens is 368 g/mol. The summed E-state index contributed by atoms with van der Waals surface area (Å²) in [7, 11) is 0. The maximum atomic E-state index is 12.8. The van der Waals surface area contributed by atoms with Crippen LogP contribution in [0.5, 0.6) is 0 Å². The summed E-state index contributed by atoms with van der Waals surface area (Å²) >= 11 is 0. The molecule has 0 unspecified atom stereocenters. The molecule has 0 aliphatic heterocycles. The Morgan fingerprint density at radius 3 is 2.21 bits per heavy atom. The van der Waals surface area contributed by atoms with Gasteiger partial charge in [-0.2, -0.15) is 0 Å². The molecule has 0 bridgehead atoms. The van der Waals surface area contributed by atoms with Crippen molar-refractivity contribution in [2.24, 2.45) is 5.92 Å². The lowest BCUT2D eigenvalue weighted by Gasteiger charge is -2.21. The van der Waals surface area contributed by atoms with Crippen LogP contribution in [0.3, 0.4) is 0 Å². The van der Waals surface area contributed by atoms with Crippen molar-refractivity contribution in [2.75, 3.05) is 6.54 Å². The Labute approximate surface area is 170 Å². The van der Waals surface area contributed by atoms with Crippen molar-refractivity contribution in [3.63, 3.8) is 0 Å². The molecule has 1 fully saturated rings. The summed E-state index contributed by atoms with van der Waals surface area (Å²) in [4.78, 5) is 37.5. The van der Waals surface area contributed by atoms with Crippen LogP contribution in [0.4, 0.5) is 0 Å². The first-order valence-electron chi connectivity index (χ1n) is 9.94. The number of carbonyl (C=O) groups is 3. The predicted octanol–water partition coefficient (Wildman–Crippen LogP) is 3.22. The van der Waals surface area contributed by atoms with Gasteiger partial charge in [-0.05, 0) is 36.1 Å². The van der Waals surface area contributed by atoms with E-state index < -0.39 is 5.97 Å². The highest BCUT2D eigenvalue weighted by molar-refractivity contribution is 5.95. The van der Waals surface area contributed by atoms with Gasteiger partial charge in [-0.1, -0.05) is 55.3 Å². The summed E-state index contributed by atoms with van der Waals surface area (Å²) in [5.74, 6) is -1.17. The van der Waals surface area contributed by atoms with Crippen LogP contribution < -0.4 is 5.32 Å². The lowest BCUT2D eigenvalue weighted by atomic mass is 10.1. The quantitative estimate of drug-likeness (QED) is 0.720. The van der Waals surface area contributed by atoms with Crippen molar-refractivity contribution in [1.29, 1.82) is 0 Å². The standard InChI is InChI=1S/C23H26N2O4/c26-21(27)16-25(15-18-6-2-1-3-7-18)23(29)20-12-10-17(11-13-20)14-24-22(28)19-8-4-5-9-19/h1-3,6-7,10-13,19H,4-5,8-9,14-16H2,(H,24,28)(H,26,27). The Bertz CT molecular complexity index is 843. The molecule has 1 aliphatic rings. The minimum Gasteiger partial charge on any atom is -0.480 e. The third-order valence-electron chi connectivity index (χ3n) is 5.22. The lowest BCUT2D eigenvalue weighted by molar-refractivity contribution is -0.137. The molecule has 2 N–H and O–H groups in total. The highest BCUT2D eigenvalue weighted by Gasteiger charge is 2.22. The monoisotopic (exact) mass is 394 g/mol. The number of hydrogen-bond donors (Lipinski definition) is 2. The van der Waals surface area contributed by atoms with E-state index in [-0.39, 0.29) is 30.8 Å². The molecule has 0 spiro atoms. The molecule has 2 aromatic rings. The summed E-state index contributed by atoms with van der Waals surface area (Å²) in [6, 6.07) is 16.3. The van der Waals surface area contributed by atoms with E-state index >= 15 is 0 Å². The van der Waals surface area contributed by atoms with Crippen LogP contribution in [0.2, 0.25) is 0 Å². The number of amides is 2. The topological polar surface area (TPSA) is 86.7 Å². The van der Waals surface area contributed by atoms with E-state index in [4.69, 9.17) is 0 Å². The average molecular weight is 394 g/mol. The van der Waals surface area contributed by atoms with Crippen LogP contribution >= 0.6 is 0 Å². The van der Waals surface area contributed by atoms with E-state index in [1.165, 1.54) is 4.90 Å². The molecule has 0 saturated heterocycles. The molecule has 1 saturated carbocycles. The second-order valence-corrected chi connectivity index (χ2v) is 7.44. The minimum absolute atomic E-state index is 0.0955. The number of carboxylic acid groups (broad SMARTS) is 1. The van der Waals surface area contributed by atoms with Crippen molar-refractivity contribution in [3.8, 4) is 0 Å². The first-order chi connectivity index (χ1) is 14.0. The van der Waals surface area contributed by atoms with Gasteiger partial charge >= 0.3 is 5.97 Å². The average Bonchev–Trinajstić information content (AvgIpc) is 3.27. The molecule has 1 aliphatic carbocycles. The molecule has 3 rings (SSSR count). The van der Waals surface area contributed by atoms with Gasteiger partial charge in [0.1, 0.15) is 6.54 Å². The van der Waals surface area contributed by atoms with Gasteiger partial charge in [0.15, 0.2) is 0 Å². The molecular formula is C23H26N2O4. The Morgan fingerprint density at radius 2 is 1.59 bits per heavy atom. The zero-order valence-electron chi connectivity index (χ0n) is 16.3. The third-order valence-corrected chi connectivity index (χ3v) is 5.22. The van der Waals surface area contributed by atoms with E-state index in [9.17, 15) is 19.5 Å². The van der Waals surface area contributed by atoms with Gasteiger partial charge in [-0.15, -0.1) is 0 Å². The summed E-state index contributed by atoms with van der Waals surface area (Å²) < 4.78 is 0. The molecule has 6 heteroatoms. The molecule has 0 radical (unpaired) electrons. The van der Waals surface area contributed by atoms with E-state index in [0.717, 1.165) is 36.8 Å². The van der Waals surface area contributed by atoms with E-state index in [2.05, 4.69) is 5.32 Å². The van der Waals surface area contributed by atoms with Gasteiger partial charge in [-0.25, -0.2) is 0 Å². The minimum atomic E-state index is -1.06. The first-order valence-corrected chi connectivity index (χ1v) is 9.94. The van der Waals surface area contributed by atoms with Crippen molar-refractivity contribution < 1.29 is 19.5 Å². The van der Waals surface area contributed by atoms with Gasteiger partial charge in [-0.3, -0.25) is 14.4 Å². The first kappa shape index (κ1) is 20.6. The fourth-order valence-corrected chi connectivity index (χ4v) is 3.64. The molecule has 6 nitrogen and oxygen atoms in total. The van der Waals surface area contributed by atoms with Crippen LogP contribution in [0.15, 0.2) is 54.6 Å². The van der Waals surface area contributed by atoms with Gasteiger partial charge in [0.2, 0.25) is 5.91 Å². The molecule has 0 aromatic heterocycles. The van der Waals surface area contributed by atoms with Crippen LogP contribution in [-0.4, -0.2) is 34.3 Å². The van der Waals surface area contributed by atoms with Crippen molar-refractivity contribution in [2.45, 2.75) is 38.8 Å². The van der Waals surface area contributed by atoms with Gasteiger partial charge < -0.3 is 15.3 Å². The number of nitrogens with one attached hydrogen (secondary N) is 1. The highest BCUT2D eigenvalue weighted by atomic mass is 16.4. The molecule has 29 heavy (non-hydrogen) atoms. The number of rotatable bonds is 8. The predicted molar refractivity (Wildman–Crippen MR) is 109 cm³/mol. The number of hydrogen-bond acceptors (Lipinski definition) is 3. The maximum Gasteiger partial charge on any atom is 0.323 e. The zero-order chi connectivity index (χ0) is 20.6. The molecule has 2 amide bonds. The van der Waals surface area contributed by atoms with Gasteiger partial charge in [0.05, 0.1) is 0 Å². The van der Waals surface area contributed by atoms with Crippen LogP contribution in [0.1, 0.15) is 47.2 Å². The summed E-state index contributed by atoms with van der Waals surface area (Å²) in [5, 5.41) is 12.1. The number of carboxylic acids is 1. The number of carbonyl (C=O) groups excluding carboxylic acids is 2. The van der Waals surface area contributed by atoms with Crippen LogP contribution in [-0.2, 0) is 22.7 Å². The van der Waals surface area contributed by atoms with E-state index in [1.54, 1.807) is 24.3 Å². The van der Waals surface area contributed by atoms with Crippen molar-refractivity contribution in [3.05, 3.63) is 71.3 Å². The lowest BCUT2D eigenvalue weighted by Crippen LogP contribution is -2.35.